The zero-order valence-corrected chi connectivity index (χ0v) is 14.9. The number of carbonyl (C=O) groups excluding carboxylic acids is 1. The monoisotopic (exact) mass is 354 g/mol. The number of anilines is 1. The van der Waals surface area contributed by atoms with Crippen LogP contribution in [0.4, 0.5) is 10.2 Å². The van der Waals surface area contributed by atoms with Gasteiger partial charge in [0.1, 0.15) is 5.82 Å². The molecular weight excluding hydrogens is 331 g/mol. The summed E-state index contributed by atoms with van der Waals surface area (Å²) in [6.07, 6.45) is 6.22. The van der Waals surface area contributed by atoms with Gasteiger partial charge in [0, 0.05) is 30.4 Å². The Bertz CT molecular complexity index is 852. The Kier molecular flexibility index (Phi) is 5.63. The molecule has 6 heteroatoms. The van der Waals surface area contributed by atoms with Crippen LogP contribution in [0, 0.1) is 0 Å². The molecule has 5 nitrogen and oxygen atoms in total. The second-order valence-electron chi connectivity index (χ2n) is 6.44. The maximum absolute atomic E-state index is 13.0. The molecule has 2 N–H and O–H groups in total. The summed E-state index contributed by atoms with van der Waals surface area (Å²) < 4.78 is 13.0. The van der Waals surface area contributed by atoms with E-state index in [9.17, 15) is 9.18 Å². The van der Waals surface area contributed by atoms with Crippen LogP contribution in [0.15, 0.2) is 54.6 Å². The van der Waals surface area contributed by atoms with Crippen LogP contribution in [0.25, 0.3) is 10.8 Å². The average molecular weight is 354 g/mol. The van der Waals surface area contributed by atoms with Gasteiger partial charge in [0.2, 0.25) is 0 Å². The van der Waals surface area contributed by atoms with Crippen LogP contribution in [-0.2, 0) is 0 Å². The number of allylic oxidation sites excluding steroid dienone is 2. The van der Waals surface area contributed by atoms with E-state index in [-0.39, 0.29) is 11.7 Å². The third-order valence-corrected chi connectivity index (χ3v) is 4.31. The van der Waals surface area contributed by atoms with Gasteiger partial charge in [-0.25, -0.2) is 14.4 Å². The van der Waals surface area contributed by atoms with Crippen molar-refractivity contribution in [1.82, 2.24) is 15.4 Å². The molecule has 136 valence electrons. The minimum atomic E-state index is -0.343. The lowest BCUT2D eigenvalue weighted by Gasteiger charge is -2.27. The molecule has 2 heterocycles. The number of pyridine rings is 1. The lowest BCUT2D eigenvalue weighted by atomic mass is 10.1. The van der Waals surface area contributed by atoms with Crippen LogP contribution in [0.2, 0.25) is 0 Å². The third kappa shape index (κ3) is 4.26. The Morgan fingerprint density at radius 1 is 1.23 bits per heavy atom. The molecule has 1 saturated heterocycles. The number of hydrogen-bond donors (Lipinski definition) is 2. The first-order valence-corrected chi connectivity index (χ1v) is 8.78. The first-order valence-electron chi connectivity index (χ1n) is 8.78. The molecule has 1 aromatic carbocycles. The van der Waals surface area contributed by atoms with Gasteiger partial charge in [-0.2, -0.15) is 0 Å². The highest BCUT2D eigenvalue weighted by Gasteiger charge is 2.17. The summed E-state index contributed by atoms with van der Waals surface area (Å²) in [5, 5.41) is 6.53. The highest BCUT2D eigenvalue weighted by atomic mass is 19.1. The number of rotatable bonds is 5. The lowest BCUT2D eigenvalue weighted by Crippen LogP contribution is -2.45. The number of fused-ring (bicyclic) bond motifs is 1. The summed E-state index contributed by atoms with van der Waals surface area (Å²) in [5.41, 5.74) is 3.88. The van der Waals surface area contributed by atoms with E-state index < -0.39 is 0 Å². The smallest absolute Gasteiger partial charge is 0.267 e. The van der Waals surface area contributed by atoms with Crippen LogP contribution in [0.1, 0.15) is 36.5 Å². The van der Waals surface area contributed by atoms with E-state index >= 15 is 0 Å². The number of piperidine rings is 1. The molecule has 0 unspecified atom stereocenters. The fraction of sp³-hybridized carbons (Fsp3) is 0.300. The van der Waals surface area contributed by atoms with Gasteiger partial charge in [-0.1, -0.05) is 37.3 Å². The molecule has 0 atom stereocenters. The number of carbonyl (C=O) groups is 1. The quantitative estimate of drug-likeness (QED) is 0.792. The summed E-state index contributed by atoms with van der Waals surface area (Å²) >= 11 is 0. The van der Waals surface area contributed by atoms with Crippen molar-refractivity contribution < 1.29 is 9.18 Å². The van der Waals surface area contributed by atoms with Gasteiger partial charge in [-0.15, -0.1) is 0 Å². The largest absolute Gasteiger partial charge is 0.340 e. The van der Waals surface area contributed by atoms with Crippen LogP contribution in [0.3, 0.4) is 0 Å². The molecule has 0 aliphatic carbocycles. The topological polar surface area (TPSA) is 57.3 Å². The number of hydrazine groups is 1. The summed E-state index contributed by atoms with van der Waals surface area (Å²) in [5.74, 6) is 0.0300. The second-order valence-corrected chi connectivity index (χ2v) is 6.44. The van der Waals surface area contributed by atoms with E-state index in [4.69, 9.17) is 0 Å². The van der Waals surface area contributed by atoms with Crippen LogP contribution in [0.5, 0.6) is 0 Å². The minimum Gasteiger partial charge on any atom is -0.340 e. The maximum Gasteiger partial charge on any atom is 0.267 e. The van der Waals surface area contributed by atoms with E-state index in [1.807, 2.05) is 29.3 Å². The van der Waals surface area contributed by atoms with Crippen molar-refractivity contribution >= 4 is 22.5 Å². The molecular formula is C20H23FN4O. The highest BCUT2D eigenvalue weighted by molar-refractivity contribution is 6.09. The molecule has 1 aromatic heterocycles. The van der Waals surface area contributed by atoms with Gasteiger partial charge >= 0.3 is 0 Å². The number of amides is 1. The van der Waals surface area contributed by atoms with Crippen LogP contribution >= 0.6 is 0 Å². The summed E-state index contributed by atoms with van der Waals surface area (Å²) in [6, 6.07) is 7.51. The molecule has 1 aliphatic rings. The first-order chi connectivity index (χ1) is 12.5. The van der Waals surface area contributed by atoms with E-state index in [1.165, 1.54) is 19.4 Å². The molecule has 1 aliphatic heterocycles. The van der Waals surface area contributed by atoms with Gasteiger partial charge in [0.15, 0.2) is 0 Å². The summed E-state index contributed by atoms with van der Waals surface area (Å²) in [4.78, 5) is 17.1. The standard InChI is InChI=1S/C20H23FN4O/c1-14(21)12-15(2)23-19-17-9-5-4-8-16(17)18(13-22-19)20(26)24-25-10-6-3-7-11-25/h4-5,8-9,12-13H,2-3,6-7,10-11H2,1H3,(H,22,23)(H,24,26)/b14-12+. The molecule has 2 aromatic rings. The number of benzene rings is 1. The highest BCUT2D eigenvalue weighted by Crippen LogP contribution is 2.25. The Morgan fingerprint density at radius 2 is 1.92 bits per heavy atom. The summed E-state index contributed by atoms with van der Waals surface area (Å²) in [7, 11) is 0. The zero-order chi connectivity index (χ0) is 18.5. The number of halogens is 1. The van der Waals surface area contributed by atoms with Crippen molar-refractivity contribution in [3.8, 4) is 0 Å². The van der Waals surface area contributed by atoms with Crippen molar-refractivity contribution in [2.45, 2.75) is 26.2 Å². The number of nitrogens with zero attached hydrogens (tertiary/aromatic N) is 2. The van der Waals surface area contributed by atoms with Crippen LogP contribution < -0.4 is 10.7 Å². The molecule has 3 rings (SSSR count). The van der Waals surface area contributed by atoms with Gasteiger partial charge in [0.05, 0.1) is 11.4 Å². The van der Waals surface area contributed by atoms with Gasteiger partial charge < -0.3 is 5.32 Å². The lowest BCUT2D eigenvalue weighted by molar-refractivity contribution is 0.0751. The fourth-order valence-corrected chi connectivity index (χ4v) is 3.11. The fourth-order valence-electron chi connectivity index (χ4n) is 3.11. The van der Waals surface area contributed by atoms with Crippen molar-refractivity contribution in [2.75, 3.05) is 18.4 Å². The number of nitrogens with one attached hydrogen (secondary N) is 2. The average Bonchev–Trinajstić information content (AvgIpc) is 2.62. The normalized spacial score (nSPS) is 15.7. The van der Waals surface area contributed by atoms with Gasteiger partial charge in [-0.3, -0.25) is 10.2 Å². The molecule has 0 saturated carbocycles. The molecule has 1 fully saturated rings. The number of hydrogen-bond acceptors (Lipinski definition) is 4. The molecule has 0 spiro atoms. The predicted molar refractivity (Wildman–Crippen MR) is 102 cm³/mol. The van der Waals surface area contributed by atoms with E-state index in [0.29, 0.717) is 17.1 Å². The Labute approximate surface area is 152 Å². The molecule has 0 bridgehead atoms. The van der Waals surface area contributed by atoms with E-state index in [1.54, 1.807) is 6.20 Å². The SMILES string of the molecule is C=C(/C=C(\C)F)Nc1ncc(C(=O)NN2CCCCC2)c2ccccc12. The molecule has 0 radical (unpaired) electrons. The number of aromatic nitrogens is 1. The van der Waals surface area contributed by atoms with Gasteiger partial charge in [-0.05, 0) is 31.2 Å². The van der Waals surface area contributed by atoms with Crippen molar-refractivity contribution in [1.29, 1.82) is 0 Å². The van der Waals surface area contributed by atoms with Crippen molar-refractivity contribution in [3.05, 3.63) is 60.2 Å². The Balaban J connectivity index is 1.88. The Morgan fingerprint density at radius 3 is 2.62 bits per heavy atom. The van der Waals surface area contributed by atoms with E-state index in [2.05, 4.69) is 22.3 Å². The predicted octanol–water partition coefficient (Wildman–Crippen LogP) is 4.16. The van der Waals surface area contributed by atoms with Crippen molar-refractivity contribution in [3.63, 3.8) is 0 Å². The second kappa shape index (κ2) is 8.10. The van der Waals surface area contributed by atoms with Crippen molar-refractivity contribution in [2.24, 2.45) is 0 Å². The summed E-state index contributed by atoms with van der Waals surface area (Å²) in [6.45, 7) is 6.87. The maximum atomic E-state index is 13.0. The zero-order valence-electron chi connectivity index (χ0n) is 14.9. The van der Waals surface area contributed by atoms with Gasteiger partial charge in [0.25, 0.3) is 5.91 Å². The molecule has 26 heavy (non-hydrogen) atoms. The molecule has 1 amide bonds. The van der Waals surface area contributed by atoms with E-state index in [0.717, 1.165) is 36.7 Å². The van der Waals surface area contributed by atoms with Crippen LogP contribution in [-0.4, -0.2) is 29.0 Å². The first kappa shape index (κ1) is 18.1. The third-order valence-electron chi connectivity index (χ3n) is 4.31. The minimum absolute atomic E-state index is 0.166. The Hall–Kier alpha value is -2.73.